The fourth-order valence-electron chi connectivity index (χ4n) is 10.6. The number of esters is 3. The maximum Gasteiger partial charge on any atom is 0.343 e. The number of hydrogen-bond acceptors (Lipinski definition) is 19. The average molecular weight is 1030 g/mol. The summed E-state index contributed by atoms with van der Waals surface area (Å²) < 4.78 is 60.4. The molecule has 6 aliphatic heterocycles. The Balaban J connectivity index is 0.801. The zero-order chi connectivity index (χ0) is 52.3. The summed E-state index contributed by atoms with van der Waals surface area (Å²) in [5, 5.41) is 49.9. The summed E-state index contributed by atoms with van der Waals surface area (Å²) in [4.78, 5) is 41.2. The van der Waals surface area contributed by atoms with E-state index >= 15 is 0 Å². The van der Waals surface area contributed by atoms with Gasteiger partial charge in [-0.1, -0.05) is 44.9 Å². The van der Waals surface area contributed by atoms with Gasteiger partial charge in [-0.25, -0.2) is 14.4 Å². The molecule has 75 heavy (non-hydrogen) atoms. The molecule has 0 saturated carbocycles. The van der Waals surface area contributed by atoms with E-state index in [1.807, 2.05) is 26.0 Å². The summed E-state index contributed by atoms with van der Waals surface area (Å²) in [5.41, 5.74) is 2.64. The molecule has 6 aliphatic rings. The van der Waals surface area contributed by atoms with E-state index in [-0.39, 0.29) is 47.3 Å². The highest BCUT2D eigenvalue weighted by Crippen LogP contribution is 2.59. The lowest BCUT2D eigenvalue weighted by molar-refractivity contribution is -0.322. The van der Waals surface area contributed by atoms with E-state index in [9.17, 15) is 34.8 Å². The predicted octanol–water partition coefficient (Wildman–Crippen LogP) is 6.11. The second-order valence-corrected chi connectivity index (χ2v) is 19.5. The van der Waals surface area contributed by atoms with Crippen LogP contribution in [-0.2, 0) is 38.8 Å². The quantitative estimate of drug-likeness (QED) is 0.0609. The number of ether oxygens (including phenoxy) is 10. The molecule has 4 saturated heterocycles. The van der Waals surface area contributed by atoms with Crippen molar-refractivity contribution in [1.29, 1.82) is 0 Å². The molecular formula is C56H58N2O17. The summed E-state index contributed by atoms with van der Waals surface area (Å²) in [6.07, 6.45) is -7.76. The van der Waals surface area contributed by atoms with Crippen LogP contribution in [0.1, 0.15) is 98.4 Å². The van der Waals surface area contributed by atoms with Gasteiger partial charge in [0.15, 0.2) is 30.6 Å². The van der Waals surface area contributed by atoms with Crippen LogP contribution in [0.4, 0.5) is 11.4 Å². The Hall–Kier alpha value is -6.49. The second kappa shape index (κ2) is 20.6. The van der Waals surface area contributed by atoms with E-state index in [2.05, 4.69) is 10.6 Å². The van der Waals surface area contributed by atoms with Crippen LogP contribution < -0.4 is 24.8 Å². The van der Waals surface area contributed by atoms with Crippen molar-refractivity contribution < 1.29 is 82.2 Å². The van der Waals surface area contributed by atoms with Gasteiger partial charge in [-0.3, -0.25) is 0 Å². The monoisotopic (exact) mass is 1030 g/mol. The summed E-state index contributed by atoms with van der Waals surface area (Å²) in [5.74, 6) is -1.07. The van der Waals surface area contributed by atoms with Gasteiger partial charge in [0.1, 0.15) is 71.8 Å². The number of carbonyl (C=O) groups is 3. The van der Waals surface area contributed by atoms with Gasteiger partial charge in [0.25, 0.3) is 0 Å². The first kappa shape index (κ1) is 50.7. The first-order valence-corrected chi connectivity index (χ1v) is 25.3. The van der Waals surface area contributed by atoms with Crippen molar-refractivity contribution in [2.45, 2.75) is 133 Å². The van der Waals surface area contributed by atoms with Gasteiger partial charge in [-0.2, -0.15) is 0 Å². The molecule has 0 aliphatic carbocycles. The molecule has 0 amide bonds. The number of carbonyl (C=O) groups excluding carboxylic acids is 3. The Kier molecular flexibility index (Phi) is 13.9. The third kappa shape index (κ3) is 9.19. The Morgan fingerprint density at radius 1 is 0.587 bits per heavy atom. The lowest BCUT2D eigenvalue weighted by Gasteiger charge is -2.46. The third-order valence-electron chi connectivity index (χ3n) is 14.6. The largest absolute Gasteiger partial charge is 0.456 e. The van der Waals surface area contributed by atoms with E-state index in [0.29, 0.717) is 57.6 Å². The number of fused-ring (bicyclic) bond motifs is 8. The topological polar surface area (TPSA) is 248 Å². The molecule has 6 N–H and O–H groups in total. The zero-order valence-electron chi connectivity index (χ0n) is 41.5. The van der Waals surface area contributed by atoms with Gasteiger partial charge in [0, 0.05) is 39.2 Å². The molecule has 5 aromatic carbocycles. The van der Waals surface area contributed by atoms with E-state index in [4.69, 9.17) is 47.4 Å². The highest BCUT2D eigenvalue weighted by Gasteiger charge is 2.55. The van der Waals surface area contributed by atoms with Crippen molar-refractivity contribution in [3.8, 4) is 23.0 Å². The Bertz CT molecular complexity index is 2800. The van der Waals surface area contributed by atoms with Crippen molar-refractivity contribution in [3.05, 3.63) is 142 Å². The average Bonchev–Trinajstić information content (AvgIpc) is 3.77. The van der Waals surface area contributed by atoms with Crippen LogP contribution in [0.15, 0.2) is 97.1 Å². The normalized spacial score (nSPS) is 30.3. The molecule has 6 heterocycles. The molecule has 1 spiro atoms. The summed E-state index contributed by atoms with van der Waals surface area (Å²) in [6.45, 7) is 7.83. The fourth-order valence-corrected chi connectivity index (χ4v) is 10.6. The number of hydrogen-bond donors (Lipinski definition) is 6. The van der Waals surface area contributed by atoms with Crippen molar-refractivity contribution in [2.75, 3.05) is 23.8 Å². The number of benzene rings is 5. The molecule has 0 radical (unpaired) electrons. The van der Waals surface area contributed by atoms with E-state index < -0.39 is 97.4 Å². The van der Waals surface area contributed by atoms with Crippen LogP contribution in [0, 0.1) is 13.8 Å². The number of aliphatic hydroxyl groups is 4. The lowest BCUT2D eigenvalue weighted by atomic mass is 9.76. The van der Waals surface area contributed by atoms with Gasteiger partial charge in [0.2, 0.25) is 0 Å². The molecule has 4 fully saturated rings. The first-order chi connectivity index (χ1) is 36.3. The molecule has 11 rings (SSSR count). The van der Waals surface area contributed by atoms with Crippen molar-refractivity contribution in [2.24, 2.45) is 0 Å². The standard InChI is InChI=1S/C56H58N2O17/c1-5-9-41-66-25-39-49(72-41)43(59)45(61)51(68-39)57-31-17-13-29(14-18-31)53(63)70-37-23-21-35-47(27(37)3)74-48-28(4)38(24-22-36(48)56(35)34-12-8-7-11-33(34)55(65)75-56)71-54(64)30-15-19-32(20-16-30)58-52-46(62)44(60)50-40(69-52)26-67-42(73-50)10-6-2/h7-8,11-24,39-46,49-52,57-62H,5-6,9-10,25-26H2,1-4H3/t39-,40-,41?,42?,43-,44-,45-,46-,49-,50-,51-,52-,56?/m1/s1. The summed E-state index contributed by atoms with van der Waals surface area (Å²) in [7, 11) is 0. The van der Waals surface area contributed by atoms with Crippen LogP contribution >= 0.6 is 0 Å². The van der Waals surface area contributed by atoms with Crippen LogP contribution in [0.25, 0.3) is 0 Å². The van der Waals surface area contributed by atoms with Crippen LogP contribution in [0.5, 0.6) is 23.0 Å². The number of anilines is 2. The highest BCUT2D eigenvalue weighted by atomic mass is 16.7. The minimum atomic E-state index is -1.50. The molecule has 19 heteroatoms. The zero-order valence-corrected chi connectivity index (χ0v) is 41.5. The Labute approximate surface area is 431 Å². The molecule has 394 valence electrons. The third-order valence-corrected chi connectivity index (χ3v) is 14.6. The number of rotatable bonds is 12. The van der Waals surface area contributed by atoms with Crippen molar-refractivity contribution in [1.82, 2.24) is 0 Å². The van der Waals surface area contributed by atoms with Gasteiger partial charge in [-0.15, -0.1) is 0 Å². The second-order valence-electron chi connectivity index (χ2n) is 19.5. The van der Waals surface area contributed by atoms with E-state index in [0.717, 1.165) is 12.8 Å². The summed E-state index contributed by atoms with van der Waals surface area (Å²) in [6, 6.07) is 26.4. The minimum absolute atomic E-state index is 0.165. The SMILES string of the molecule is CCCC1OC[C@H]2O[C@@H](Nc3ccc(C(=O)Oc4ccc5c(c4C)Oc4c(ccc(OC(=O)c6ccc(N[C@@H]7O[C@@H]8COC(CCC)O[C@H]8[C@H](O)[C@H]7O)cc6)c4C)C54OC(=O)c5ccccc54)cc3)[C@H](O)[C@@H](O)[C@@H]2O1. The summed E-state index contributed by atoms with van der Waals surface area (Å²) >= 11 is 0. The smallest absolute Gasteiger partial charge is 0.343 e. The van der Waals surface area contributed by atoms with Crippen LogP contribution in [0.3, 0.4) is 0 Å². The first-order valence-electron chi connectivity index (χ1n) is 25.3. The van der Waals surface area contributed by atoms with E-state index in [1.54, 1.807) is 98.8 Å². The maximum absolute atomic E-state index is 13.8. The lowest BCUT2D eigenvalue weighted by Crippen LogP contribution is -2.64. The van der Waals surface area contributed by atoms with E-state index in [1.165, 1.54) is 0 Å². The number of aliphatic hydroxyl groups excluding tert-OH is 4. The predicted molar refractivity (Wildman–Crippen MR) is 265 cm³/mol. The van der Waals surface area contributed by atoms with Crippen molar-refractivity contribution in [3.63, 3.8) is 0 Å². The van der Waals surface area contributed by atoms with Gasteiger partial charge >= 0.3 is 17.9 Å². The molecule has 0 aromatic heterocycles. The maximum atomic E-state index is 13.8. The van der Waals surface area contributed by atoms with Crippen LogP contribution in [0.2, 0.25) is 0 Å². The molecule has 5 aromatic rings. The Morgan fingerprint density at radius 2 is 1.04 bits per heavy atom. The van der Waals surface area contributed by atoms with Gasteiger partial charge in [-0.05, 0) is 106 Å². The van der Waals surface area contributed by atoms with Crippen LogP contribution in [-0.4, -0.2) is 125 Å². The molecular weight excluding hydrogens is 973 g/mol. The highest BCUT2D eigenvalue weighted by molar-refractivity contribution is 5.97. The van der Waals surface area contributed by atoms with Gasteiger partial charge < -0.3 is 78.4 Å². The molecule has 19 nitrogen and oxygen atoms in total. The molecule has 2 unspecified atom stereocenters. The van der Waals surface area contributed by atoms with Gasteiger partial charge in [0.05, 0.1) is 29.9 Å². The fraction of sp³-hybridized carbons (Fsp3) is 0.411. The molecule has 12 atom stereocenters. The molecule has 0 bridgehead atoms. The Morgan fingerprint density at radius 3 is 1.49 bits per heavy atom. The minimum Gasteiger partial charge on any atom is -0.456 e. The number of nitrogens with one attached hydrogen (secondary N) is 2. The van der Waals surface area contributed by atoms with Crippen molar-refractivity contribution >= 4 is 29.3 Å².